The summed E-state index contributed by atoms with van der Waals surface area (Å²) >= 11 is 0. The third-order valence-corrected chi connectivity index (χ3v) is 4.43. The Hall–Kier alpha value is -3.48. The van der Waals surface area contributed by atoms with Crippen molar-refractivity contribution in [3.8, 4) is 22.6 Å². The summed E-state index contributed by atoms with van der Waals surface area (Å²) in [5.74, 6) is -0.671. The molecule has 0 heterocycles. The van der Waals surface area contributed by atoms with Gasteiger partial charge in [-0.05, 0) is 64.3 Å². The van der Waals surface area contributed by atoms with Gasteiger partial charge < -0.3 is 25.0 Å². The zero-order valence-corrected chi connectivity index (χ0v) is 21.1. The molecule has 2 aromatic rings. The minimum absolute atomic E-state index is 0.0895. The largest absolute Gasteiger partial charge is 0.507 e. The molecule has 0 aliphatic rings. The first-order valence-electron chi connectivity index (χ1n) is 11.5. The highest BCUT2D eigenvalue weighted by Gasteiger charge is 2.21. The molecule has 0 aliphatic heterocycles. The quantitative estimate of drug-likeness (QED) is 0.351. The molecule has 0 aliphatic carbocycles. The second kappa shape index (κ2) is 13.3. The van der Waals surface area contributed by atoms with E-state index in [1.54, 1.807) is 52.8 Å². The third-order valence-electron chi connectivity index (χ3n) is 4.43. The fourth-order valence-corrected chi connectivity index (χ4v) is 3.17. The molecule has 0 saturated heterocycles. The van der Waals surface area contributed by atoms with Crippen molar-refractivity contribution in [2.24, 2.45) is 0 Å². The van der Waals surface area contributed by atoms with Gasteiger partial charge in [0.2, 0.25) is 0 Å². The molecular formula is C27H37NO6. The van der Waals surface area contributed by atoms with Crippen molar-refractivity contribution in [2.45, 2.75) is 66.5 Å². The average molecular weight is 472 g/mol. The van der Waals surface area contributed by atoms with E-state index in [0.717, 1.165) is 0 Å². The predicted octanol–water partition coefficient (Wildman–Crippen LogP) is 5.74. The van der Waals surface area contributed by atoms with Crippen molar-refractivity contribution in [1.82, 2.24) is 5.32 Å². The molecule has 2 aromatic carbocycles. The Bertz CT molecular complexity index is 953. The highest BCUT2D eigenvalue weighted by atomic mass is 16.6. The molecule has 0 unspecified atom stereocenters. The molecule has 0 bridgehead atoms. The topological polar surface area (TPSA) is 105 Å². The lowest BCUT2D eigenvalue weighted by Crippen LogP contribution is -2.39. The lowest BCUT2D eigenvalue weighted by molar-refractivity contribution is -0.138. The average Bonchev–Trinajstić information content (AvgIpc) is 2.74. The number of carbonyl (C=O) groups excluding carboxylic acids is 2. The fourth-order valence-electron chi connectivity index (χ4n) is 3.17. The molecule has 0 radical (unpaired) electrons. The summed E-state index contributed by atoms with van der Waals surface area (Å²) in [4.78, 5) is 24.4. The van der Waals surface area contributed by atoms with Crippen molar-refractivity contribution in [3.63, 3.8) is 0 Å². The predicted molar refractivity (Wildman–Crippen MR) is 134 cm³/mol. The van der Waals surface area contributed by atoms with E-state index in [0.29, 0.717) is 22.3 Å². The Balaban J connectivity index is 0.00000281. The maximum atomic E-state index is 12.3. The number of amides is 1. The molecule has 0 spiro atoms. The van der Waals surface area contributed by atoms with Crippen molar-refractivity contribution >= 4 is 12.1 Å². The first kappa shape index (κ1) is 28.6. The van der Waals surface area contributed by atoms with Gasteiger partial charge in [0.25, 0.3) is 0 Å². The molecule has 0 aromatic heterocycles. The van der Waals surface area contributed by atoms with Gasteiger partial charge in [-0.3, -0.25) is 0 Å². The molecule has 34 heavy (non-hydrogen) atoms. The number of hydrogen-bond acceptors (Lipinski definition) is 6. The van der Waals surface area contributed by atoms with Crippen LogP contribution in [0.2, 0.25) is 0 Å². The lowest BCUT2D eigenvalue weighted by atomic mass is 9.97. The monoisotopic (exact) mass is 471 g/mol. The summed E-state index contributed by atoms with van der Waals surface area (Å²) in [6.07, 6.45) is 1.12. The highest BCUT2D eigenvalue weighted by molar-refractivity contribution is 5.88. The summed E-state index contributed by atoms with van der Waals surface area (Å²) in [5.41, 5.74) is 1.19. The maximum Gasteiger partial charge on any atom is 0.408 e. The van der Waals surface area contributed by atoms with Gasteiger partial charge >= 0.3 is 12.1 Å². The summed E-state index contributed by atoms with van der Waals surface area (Å²) in [5, 5.41) is 23.8. The van der Waals surface area contributed by atoms with Crippen molar-refractivity contribution < 1.29 is 29.3 Å². The Kier molecular flexibility index (Phi) is 11.2. The van der Waals surface area contributed by atoms with Crippen LogP contribution in [0.3, 0.4) is 0 Å². The van der Waals surface area contributed by atoms with Crippen LogP contribution in [0, 0.1) is 0 Å². The van der Waals surface area contributed by atoms with Gasteiger partial charge in [-0.2, -0.15) is 0 Å². The zero-order valence-electron chi connectivity index (χ0n) is 21.1. The van der Waals surface area contributed by atoms with E-state index in [4.69, 9.17) is 9.47 Å². The van der Waals surface area contributed by atoms with Gasteiger partial charge in [0.1, 0.15) is 17.1 Å². The van der Waals surface area contributed by atoms with Gasteiger partial charge in [0.05, 0.1) is 18.2 Å². The number of alkyl carbamates (subject to hydrolysis) is 1. The van der Waals surface area contributed by atoms with Gasteiger partial charge in [-0.15, -0.1) is 0 Å². The molecule has 1 amide bonds. The number of rotatable bonds is 7. The standard InChI is InChI=1S/C25H31NO6.C2H6/c1-6-31-23(29)16(2)12-19(26-24(30)32-25(3,4)5)13-17-14-20(27)22(21(28)15-17)18-10-8-7-9-11-18;1-2/h7-12,14-15,19,27-28H,6,13H2,1-5H3,(H,26,30);1-2H3/b16-12+;/t19-;/m1./s1. The van der Waals surface area contributed by atoms with Gasteiger partial charge in [0, 0.05) is 5.57 Å². The summed E-state index contributed by atoms with van der Waals surface area (Å²) in [7, 11) is 0. The molecule has 7 heteroatoms. The molecule has 2 rings (SSSR count). The van der Waals surface area contributed by atoms with E-state index in [1.165, 1.54) is 12.1 Å². The SMILES string of the molecule is CC.CCOC(=O)/C(C)=C/[C@H](Cc1cc(O)c(-c2ccccc2)c(O)c1)NC(=O)OC(C)(C)C. The van der Waals surface area contributed by atoms with Crippen molar-refractivity contribution in [3.05, 3.63) is 59.7 Å². The number of hydrogen-bond donors (Lipinski definition) is 3. The van der Waals surface area contributed by atoms with Gasteiger partial charge in [-0.25, -0.2) is 9.59 Å². The minimum atomic E-state index is -0.692. The Morgan fingerprint density at radius 3 is 2.12 bits per heavy atom. The normalized spacial score (nSPS) is 12.1. The van der Waals surface area contributed by atoms with Crippen molar-refractivity contribution in [1.29, 1.82) is 0 Å². The number of nitrogens with one attached hydrogen (secondary N) is 1. The van der Waals surface area contributed by atoms with Crippen LogP contribution >= 0.6 is 0 Å². The summed E-state index contributed by atoms with van der Waals surface area (Å²) in [6, 6.07) is 11.4. The Morgan fingerprint density at radius 1 is 1.06 bits per heavy atom. The molecule has 7 nitrogen and oxygen atoms in total. The van der Waals surface area contributed by atoms with E-state index < -0.39 is 23.7 Å². The van der Waals surface area contributed by atoms with Crippen LogP contribution in [0.4, 0.5) is 4.79 Å². The van der Waals surface area contributed by atoms with Crippen LogP contribution in [-0.4, -0.2) is 40.5 Å². The van der Waals surface area contributed by atoms with Crippen LogP contribution in [0.5, 0.6) is 11.5 Å². The van der Waals surface area contributed by atoms with Crippen LogP contribution in [0.15, 0.2) is 54.1 Å². The van der Waals surface area contributed by atoms with E-state index in [9.17, 15) is 19.8 Å². The fraction of sp³-hybridized carbons (Fsp3) is 0.407. The first-order chi connectivity index (χ1) is 16.0. The number of aromatic hydroxyl groups is 2. The number of phenolic OH excluding ortho intramolecular Hbond substituents is 2. The molecule has 3 N–H and O–H groups in total. The second-order valence-electron chi connectivity index (χ2n) is 8.40. The first-order valence-corrected chi connectivity index (χ1v) is 11.5. The molecule has 1 atom stereocenters. The third kappa shape index (κ3) is 9.17. The smallest absolute Gasteiger partial charge is 0.408 e. The summed E-state index contributed by atoms with van der Waals surface area (Å²) < 4.78 is 10.3. The molecule has 0 saturated carbocycles. The minimum Gasteiger partial charge on any atom is -0.507 e. The number of benzene rings is 2. The van der Waals surface area contributed by atoms with Gasteiger partial charge in [-0.1, -0.05) is 50.3 Å². The van der Waals surface area contributed by atoms with E-state index >= 15 is 0 Å². The number of carbonyl (C=O) groups is 2. The van der Waals surface area contributed by atoms with Gasteiger partial charge in [0.15, 0.2) is 0 Å². The van der Waals surface area contributed by atoms with E-state index in [1.807, 2.05) is 32.0 Å². The lowest BCUT2D eigenvalue weighted by Gasteiger charge is -2.23. The Labute approximate surface area is 202 Å². The van der Waals surface area contributed by atoms with Crippen LogP contribution in [0.25, 0.3) is 11.1 Å². The van der Waals surface area contributed by atoms with Crippen LogP contribution in [-0.2, 0) is 20.7 Å². The van der Waals surface area contributed by atoms with Crippen molar-refractivity contribution in [2.75, 3.05) is 6.61 Å². The molecule has 186 valence electrons. The number of phenols is 2. The highest BCUT2D eigenvalue weighted by Crippen LogP contribution is 2.38. The number of ether oxygens (including phenoxy) is 2. The summed E-state index contributed by atoms with van der Waals surface area (Å²) in [6.45, 7) is 12.8. The number of esters is 1. The van der Waals surface area contributed by atoms with Crippen LogP contribution in [0.1, 0.15) is 54.0 Å². The Morgan fingerprint density at radius 2 is 1.62 bits per heavy atom. The zero-order chi connectivity index (χ0) is 25.9. The molecular weight excluding hydrogens is 434 g/mol. The van der Waals surface area contributed by atoms with E-state index in [2.05, 4.69) is 5.32 Å². The maximum absolute atomic E-state index is 12.3. The second-order valence-corrected chi connectivity index (χ2v) is 8.40. The molecule has 0 fully saturated rings. The van der Waals surface area contributed by atoms with E-state index in [-0.39, 0.29) is 24.5 Å². The van der Waals surface area contributed by atoms with Crippen LogP contribution < -0.4 is 5.32 Å².